The lowest BCUT2D eigenvalue weighted by Gasteiger charge is -2.36. The monoisotopic (exact) mass is 368 g/mol. The maximum absolute atomic E-state index is 13.8. The van der Waals surface area contributed by atoms with Crippen LogP contribution in [0.4, 0.5) is 4.39 Å². The summed E-state index contributed by atoms with van der Waals surface area (Å²) in [6.07, 6.45) is 0.875. The van der Waals surface area contributed by atoms with Crippen molar-refractivity contribution in [2.24, 2.45) is 5.92 Å². The third kappa shape index (κ3) is 5.68. The Morgan fingerprint density at radius 2 is 1.87 bits per heavy atom. The van der Waals surface area contributed by atoms with Crippen LogP contribution in [0.1, 0.15) is 31.9 Å². The maximum atomic E-state index is 13.8. The minimum absolute atomic E-state index is 0. The first-order valence-electron chi connectivity index (χ1n) is 7.54. The third-order valence-electron chi connectivity index (χ3n) is 3.94. The van der Waals surface area contributed by atoms with E-state index in [1.54, 1.807) is 0 Å². The van der Waals surface area contributed by atoms with Gasteiger partial charge in [-0.1, -0.05) is 13.8 Å². The van der Waals surface area contributed by atoms with E-state index in [-0.39, 0.29) is 48.2 Å². The van der Waals surface area contributed by atoms with Crippen LogP contribution in [0.15, 0.2) is 12.1 Å². The summed E-state index contributed by atoms with van der Waals surface area (Å²) in [6.45, 7) is 7.92. The molecule has 1 saturated heterocycles. The van der Waals surface area contributed by atoms with Crippen LogP contribution >= 0.6 is 24.8 Å². The molecule has 7 heteroatoms. The molecular weight excluding hydrogens is 342 g/mol. The van der Waals surface area contributed by atoms with Gasteiger partial charge in [0.15, 0.2) is 11.5 Å². The topological polar surface area (TPSA) is 44.7 Å². The van der Waals surface area contributed by atoms with E-state index < -0.39 is 0 Å². The van der Waals surface area contributed by atoms with Crippen LogP contribution in [0.25, 0.3) is 0 Å². The van der Waals surface area contributed by atoms with Crippen molar-refractivity contribution in [3.63, 3.8) is 0 Å². The molecule has 0 aromatic heterocycles. The van der Waals surface area contributed by atoms with Crippen LogP contribution in [-0.4, -0.2) is 43.3 Å². The fraction of sp³-hybridized carbons (Fsp3) is 0.625. The fourth-order valence-electron chi connectivity index (χ4n) is 2.92. The number of aromatic hydroxyl groups is 1. The Bertz CT molecular complexity index is 483. The number of phenols is 1. The molecule has 0 aliphatic carbocycles. The van der Waals surface area contributed by atoms with Gasteiger partial charge in [-0.2, -0.15) is 0 Å². The summed E-state index contributed by atoms with van der Waals surface area (Å²) in [5, 5.41) is 13.7. The SMILES string of the molecule is COc1cc(F)cc([C@H](CC(C)C)N2CCNCC2)c1O.Cl.Cl. The fourth-order valence-corrected chi connectivity index (χ4v) is 2.92. The van der Waals surface area contributed by atoms with E-state index in [1.807, 2.05) is 0 Å². The van der Waals surface area contributed by atoms with Crippen molar-refractivity contribution < 1.29 is 14.2 Å². The van der Waals surface area contributed by atoms with Gasteiger partial charge in [-0.05, 0) is 18.4 Å². The van der Waals surface area contributed by atoms with Crippen molar-refractivity contribution in [2.45, 2.75) is 26.3 Å². The second-order valence-corrected chi connectivity index (χ2v) is 5.98. The molecule has 1 aromatic carbocycles. The second-order valence-electron chi connectivity index (χ2n) is 5.98. The van der Waals surface area contributed by atoms with Crippen LogP contribution in [0, 0.1) is 11.7 Å². The van der Waals surface area contributed by atoms with E-state index in [0.717, 1.165) is 32.6 Å². The lowest BCUT2D eigenvalue weighted by atomic mass is 9.94. The molecule has 2 rings (SSSR count). The van der Waals surface area contributed by atoms with Gasteiger partial charge in [0, 0.05) is 43.9 Å². The van der Waals surface area contributed by atoms with E-state index in [1.165, 1.54) is 19.2 Å². The van der Waals surface area contributed by atoms with Crippen molar-refractivity contribution >= 4 is 24.8 Å². The Morgan fingerprint density at radius 3 is 2.39 bits per heavy atom. The van der Waals surface area contributed by atoms with Crippen LogP contribution in [0.3, 0.4) is 0 Å². The van der Waals surface area contributed by atoms with Gasteiger partial charge < -0.3 is 15.2 Å². The molecule has 1 fully saturated rings. The van der Waals surface area contributed by atoms with Crippen molar-refractivity contribution in [2.75, 3.05) is 33.3 Å². The van der Waals surface area contributed by atoms with Crippen LogP contribution in [-0.2, 0) is 0 Å². The number of benzene rings is 1. The molecule has 1 atom stereocenters. The second kappa shape index (κ2) is 10.2. The molecule has 0 spiro atoms. The molecule has 1 aliphatic heterocycles. The van der Waals surface area contributed by atoms with Gasteiger partial charge in [-0.25, -0.2) is 4.39 Å². The first kappa shape index (κ1) is 22.2. The summed E-state index contributed by atoms with van der Waals surface area (Å²) in [4.78, 5) is 2.31. The summed E-state index contributed by atoms with van der Waals surface area (Å²) in [5.74, 6) is 0.346. The van der Waals surface area contributed by atoms with Gasteiger partial charge in [-0.15, -0.1) is 24.8 Å². The zero-order chi connectivity index (χ0) is 15.4. The summed E-state index contributed by atoms with van der Waals surface area (Å²) >= 11 is 0. The highest BCUT2D eigenvalue weighted by molar-refractivity contribution is 5.85. The van der Waals surface area contributed by atoms with Crippen molar-refractivity contribution in [1.82, 2.24) is 10.2 Å². The Balaban J connectivity index is 0.00000242. The van der Waals surface area contributed by atoms with Gasteiger partial charge in [-0.3, -0.25) is 4.90 Å². The number of piperazine rings is 1. The average molecular weight is 369 g/mol. The molecule has 0 amide bonds. The Morgan fingerprint density at radius 1 is 1.26 bits per heavy atom. The minimum Gasteiger partial charge on any atom is -0.504 e. The molecule has 134 valence electrons. The van der Waals surface area contributed by atoms with Crippen molar-refractivity contribution in [3.8, 4) is 11.5 Å². The summed E-state index contributed by atoms with van der Waals surface area (Å²) < 4.78 is 18.9. The number of hydrogen-bond donors (Lipinski definition) is 2. The number of rotatable bonds is 5. The quantitative estimate of drug-likeness (QED) is 0.835. The smallest absolute Gasteiger partial charge is 0.163 e. The Hall–Kier alpha value is -0.750. The maximum Gasteiger partial charge on any atom is 0.163 e. The molecule has 0 saturated carbocycles. The summed E-state index contributed by atoms with van der Waals surface area (Å²) in [6, 6.07) is 2.67. The standard InChI is InChI=1S/C16H25FN2O2.2ClH/c1-11(2)8-14(19-6-4-18-5-7-19)13-9-12(17)10-15(21-3)16(13)20;;/h9-11,14,18,20H,4-8H2,1-3H3;2*1H/t14-;;/m0../s1. The van der Waals surface area contributed by atoms with Gasteiger partial charge in [0.1, 0.15) is 5.82 Å². The number of ether oxygens (including phenoxy) is 1. The number of methoxy groups -OCH3 is 1. The highest BCUT2D eigenvalue weighted by Gasteiger charge is 2.27. The number of nitrogens with one attached hydrogen (secondary N) is 1. The minimum atomic E-state index is -0.372. The molecule has 4 nitrogen and oxygen atoms in total. The van der Waals surface area contributed by atoms with Gasteiger partial charge >= 0.3 is 0 Å². The highest BCUT2D eigenvalue weighted by atomic mass is 35.5. The molecule has 1 heterocycles. The van der Waals surface area contributed by atoms with E-state index >= 15 is 0 Å². The van der Waals surface area contributed by atoms with Gasteiger partial charge in [0.25, 0.3) is 0 Å². The van der Waals surface area contributed by atoms with Crippen LogP contribution < -0.4 is 10.1 Å². The molecule has 0 unspecified atom stereocenters. The molecule has 1 aliphatic rings. The first-order valence-corrected chi connectivity index (χ1v) is 7.54. The lowest BCUT2D eigenvalue weighted by molar-refractivity contribution is 0.151. The molecule has 0 bridgehead atoms. The molecular formula is C16H27Cl2FN2O2. The van der Waals surface area contributed by atoms with E-state index in [2.05, 4.69) is 24.1 Å². The zero-order valence-corrected chi connectivity index (χ0v) is 15.5. The Kier molecular flexibility index (Phi) is 9.85. The van der Waals surface area contributed by atoms with E-state index in [9.17, 15) is 9.50 Å². The Labute approximate surface area is 150 Å². The van der Waals surface area contributed by atoms with Crippen molar-refractivity contribution in [3.05, 3.63) is 23.5 Å². The summed E-state index contributed by atoms with van der Waals surface area (Å²) in [7, 11) is 1.44. The normalized spacial score (nSPS) is 16.4. The van der Waals surface area contributed by atoms with Crippen LogP contribution in [0.2, 0.25) is 0 Å². The van der Waals surface area contributed by atoms with Gasteiger partial charge in [0.2, 0.25) is 0 Å². The summed E-state index contributed by atoms with van der Waals surface area (Å²) in [5.41, 5.74) is 0.627. The van der Waals surface area contributed by atoms with E-state index in [0.29, 0.717) is 11.5 Å². The highest BCUT2D eigenvalue weighted by Crippen LogP contribution is 2.39. The first-order chi connectivity index (χ1) is 10.0. The molecule has 23 heavy (non-hydrogen) atoms. The lowest BCUT2D eigenvalue weighted by Crippen LogP contribution is -2.45. The number of halogens is 3. The number of hydrogen-bond acceptors (Lipinski definition) is 4. The van der Waals surface area contributed by atoms with Crippen LogP contribution in [0.5, 0.6) is 11.5 Å². The van der Waals surface area contributed by atoms with E-state index in [4.69, 9.17) is 4.74 Å². The zero-order valence-electron chi connectivity index (χ0n) is 13.8. The number of nitrogens with zero attached hydrogens (tertiary/aromatic N) is 1. The predicted octanol–water partition coefficient (Wildman–Crippen LogP) is 3.38. The predicted molar refractivity (Wildman–Crippen MR) is 95.8 cm³/mol. The number of phenolic OH excluding ortho intramolecular Hbond substituents is 1. The van der Waals surface area contributed by atoms with Crippen molar-refractivity contribution in [1.29, 1.82) is 0 Å². The molecule has 0 radical (unpaired) electrons. The largest absolute Gasteiger partial charge is 0.504 e. The molecule has 2 N–H and O–H groups in total. The molecule has 1 aromatic rings. The van der Waals surface area contributed by atoms with Gasteiger partial charge in [0.05, 0.1) is 7.11 Å². The average Bonchev–Trinajstić information content (AvgIpc) is 2.47. The third-order valence-corrected chi connectivity index (χ3v) is 3.94.